The van der Waals surface area contributed by atoms with Crippen molar-refractivity contribution < 1.29 is 14.0 Å². The summed E-state index contributed by atoms with van der Waals surface area (Å²) in [6.45, 7) is 5.21. The van der Waals surface area contributed by atoms with E-state index >= 15 is 0 Å². The van der Waals surface area contributed by atoms with E-state index in [2.05, 4.69) is 5.32 Å². The highest BCUT2D eigenvalue weighted by molar-refractivity contribution is 5.98. The van der Waals surface area contributed by atoms with E-state index in [0.717, 1.165) is 16.8 Å². The number of hydrogen-bond acceptors (Lipinski definition) is 2. The van der Waals surface area contributed by atoms with Gasteiger partial charge in [0, 0.05) is 19.0 Å². The van der Waals surface area contributed by atoms with E-state index in [4.69, 9.17) is 0 Å². The number of amides is 2. The third-order valence-corrected chi connectivity index (χ3v) is 3.83. The smallest absolute Gasteiger partial charge is 0.240 e. The van der Waals surface area contributed by atoms with E-state index in [1.807, 2.05) is 32.0 Å². The van der Waals surface area contributed by atoms with Crippen LogP contribution < -0.4 is 10.2 Å². The molecule has 0 bridgehead atoms. The van der Waals surface area contributed by atoms with Crippen LogP contribution in [0.1, 0.15) is 23.6 Å². The Labute approximate surface area is 141 Å². The van der Waals surface area contributed by atoms with E-state index in [-0.39, 0.29) is 30.7 Å². The van der Waals surface area contributed by atoms with Crippen LogP contribution in [0.5, 0.6) is 0 Å². The van der Waals surface area contributed by atoms with E-state index in [0.29, 0.717) is 5.56 Å². The van der Waals surface area contributed by atoms with Gasteiger partial charge in [0.2, 0.25) is 11.8 Å². The van der Waals surface area contributed by atoms with Gasteiger partial charge in [0.05, 0.1) is 5.69 Å². The fraction of sp³-hybridized carbons (Fsp3) is 0.263. The standard InChI is InChI=1S/C19H21FN2O2/c1-13-7-6-8-14(2)19(13)22(15(3)23)12-18(24)21-11-16-9-4-5-10-17(16)20/h4-10H,11-12H2,1-3H3,(H,21,24). The molecule has 2 rings (SSSR count). The molecule has 2 aromatic carbocycles. The number of nitrogens with zero attached hydrogens (tertiary/aromatic N) is 1. The Morgan fingerprint density at radius 1 is 1.04 bits per heavy atom. The summed E-state index contributed by atoms with van der Waals surface area (Å²) in [5.74, 6) is -0.916. The first-order chi connectivity index (χ1) is 11.4. The Bertz CT molecular complexity index is 739. The molecule has 0 unspecified atom stereocenters. The largest absolute Gasteiger partial charge is 0.350 e. The molecule has 0 aromatic heterocycles. The van der Waals surface area contributed by atoms with Gasteiger partial charge in [-0.3, -0.25) is 9.59 Å². The lowest BCUT2D eigenvalue weighted by molar-refractivity contribution is -0.123. The maximum atomic E-state index is 13.6. The van der Waals surface area contributed by atoms with Crippen molar-refractivity contribution in [2.75, 3.05) is 11.4 Å². The number of rotatable bonds is 5. The quantitative estimate of drug-likeness (QED) is 0.917. The maximum absolute atomic E-state index is 13.6. The highest BCUT2D eigenvalue weighted by Crippen LogP contribution is 2.24. The molecule has 126 valence electrons. The van der Waals surface area contributed by atoms with E-state index in [9.17, 15) is 14.0 Å². The van der Waals surface area contributed by atoms with Crippen molar-refractivity contribution in [2.24, 2.45) is 0 Å². The zero-order chi connectivity index (χ0) is 17.7. The number of carbonyl (C=O) groups is 2. The third kappa shape index (κ3) is 4.19. The Morgan fingerprint density at radius 2 is 1.67 bits per heavy atom. The third-order valence-electron chi connectivity index (χ3n) is 3.83. The van der Waals surface area contributed by atoms with Crippen LogP contribution in [0.15, 0.2) is 42.5 Å². The van der Waals surface area contributed by atoms with Gasteiger partial charge in [-0.2, -0.15) is 0 Å². The molecule has 24 heavy (non-hydrogen) atoms. The summed E-state index contributed by atoms with van der Waals surface area (Å²) in [5, 5.41) is 2.66. The second kappa shape index (κ2) is 7.73. The summed E-state index contributed by atoms with van der Waals surface area (Å²) in [4.78, 5) is 25.7. The summed E-state index contributed by atoms with van der Waals surface area (Å²) in [6, 6.07) is 12.0. The van der Waals surface area contributed by atoms with E-state index in [1.165, 1.54) is 17.9 Å². The lowest BCUT2D eigenvalue weighted by atomic mass is 10.1. The van der Waals surface area contributed by atoms with Crippen molar-refractivity contribution in [1.82, 2.24) is 5.32 Å². The molecule has 2 aromatic rings. The van der Waals surface area contributed by atoms with Gasteiger partial charge in [0.15, 0.2) is 0 Å². The van der Waals surface area contributed by atoms with Gasteiger partial charge in [-0.1, -0.05) is 36.4 Å². The van der Waals surface area contributed by atoms with Crippen molar-refractivity contribution in [2.45, 2.75) is 27.3 Å². The van der Waals surface area contributed by atoms with Gasteiger partial charge in [-0.05, 0) is 31.0 Å². The van der Waals surface area contributed by atoms with Crippen LogP contribution in [-0.2, 0) is 16.1 Å². The predicted octanol–water partition coefficient (Wildman–Crippen LogP) is 3.11. The monoisotopic (exact) mass is 328 g/mol. The molecule has 0 saturated heterocycles. The number of benzene rings is 2. The summed E-state index contributed by atoms with van der Waals surface area (Å²) in [6.07, 6.45) is 0. The first-order valence-electron chi connectivity index (χ1n) is 7.74. The Balaban J connectivity index is 2.10. The molecule has 5 heteroatoms. The van der Waals surface area contributed by atoms with Crippen molar-refractivity contribution in [3.05, 3.63) is 65.0 Å². The number of para-hydroxylation sites is 1. The minimum absolute atomic E-state index is 0.0873. The fourth-order valence-electron chi connectivity index (χ4n) is 2.61. The molecule has 2 amide bonds. The number of nitrogens with one attached hydrogen (secondary N) is 1. The number of hydrogen-bond donors (Lipinski definition) is 1. The first-order valence-corrected chi connectivity index (χ1v) is 7.74. The Hall–Kier alpha value is -2.69. The van der Waals surface area contributed by atoms with Gasteiger partial charge in [-0.15, -0.1) is 0 Å². The van der Waals surface area contributed by atoms with Gasteiger partial charge in [0.25, 0.3) is 0 Å². The predicted molar refractivity (Wildman–Crippen MR) is 92.2 cm³/mol. The number of halogens is 1. The van der Waals surface area contributed by atoms with Crippen LogP contribution >= 0.6 is 0 Å². The summed E-state index contributed by atoms with van der Waals surface area (Å²) >= 11 is 0. The lowest BCUT2D eigenvalue weighted by Gasteiger charge is -2.24. The second-order valence-electron chi connectivity index (χ2n) is 5.71. The summed E-state index contributed by atoms with van der Waals surface area (Å²) in [7, 11) is 0. The maximum Gasteiger partial charge on any atom is 0.240 e. The SMILES string of the molecule is CC(=O)N(CC(=O)NCc1ccccc1F)c1c(C)cccc1C. The molecule has 0 atom stereocenters. The molecular formula is C19H21FN2O2. The van der Waals surface area contributed by atoms with Crippen LogP contribution in [-0.4, -0.2) is 18.4 Å². The van der Waals surface area contributed by atoms with Gasteiger partial charge < -0.3 is 10.2 Å². The highest BCUT2D eigenvalue weighted by atomic mass is 19.1. The van der Waals surface area contributed by atoms with Gasteiger partial charge in [-0.25, -0.2) is 4.39 Å². The zero-order valence-corrected chi connectivity index (χ0v) is 14.1. The first kappa shape index (κ1) is 17.7. The summed E-state index contributed by atoms with van der Waals surface area (Å²) in [5.41, 5.74) is 3.00. The normalized spacial score (nSPS) is 10.3. The lowest BCUT2D eigenvalue weighted by Crippen LogP contribution is -2.40. The van der Waals surface area contributed by atoms with Crippen LogP contribution in [0, 0.1) is 19.7 Å². The molecule has 0 fully saturated rings. The van der Waals surface area contributed by atoms with Crippen molar-refractivity contribution in [3.63, 3.8) is 0 Å². The molecule has 0 aliphatic rings. The van der Waals surface area contributed by atoms with E-state index in [1.54, 1.807) is 18.2 Å². The molecule has 0 saturated carbocycles. The van der Waals surface area contributed by atoms with Crippen molar-refractivity contribution in [3.8, 4) is 0 Å². The molecule has 0 aliphatic carbocycles. The molecule has 0 aliphatic heterocycles. The minimum atomic E-state index is -0.365. The van der Waals surface area contributed by atoms with Crippen LogP contribution in [0.2, 0.25) is 0 Å². The average Bonchev–Trinajstić information content (AvgIpc) is 2.52. The second-order valence-corrected chi connectivity index (χ2v) is 5.71. The van der Waals surface area contributed by atoms with Gasteiger partial charge >= 0.3 is 0 Å². The highest BCUT2D eigenvalue weighted by Gasteiger charge is 2.19. The van der Waals surface area contributed by atoms with Crippen LogP contribution in [0.4, 0.5) is 10.1 Å². The molecule has 0 heterocycles. The Morgan fingerprint density at radius 3 is 2.25 bits per heavy atom. The minimum Gasteiger partial charge on any atom is -0.350 e. The van der Waals surface area contributed by atoms with Crippen LogP contribution in [0.3, 0.4) is 0 Å². The number of carbonyl (C=O) groups excluding carboxylic acids is 2. The fourth-order valence-corrected chi connectivity index (χ4v) is 2.61. The zero-order valence-electron chi connectivity index (χ0n) is 14.1. The average molecular weight is 328 g/mol. The number of anilines is 1. The summed E-state index contributed by atoms with van der Waals surface area (Å²) < 4.78 is 13.6. The van der Waals surface area contributed by atoms with E-state index < -0.39 is 0 Å². The van der Waals surface area contributed by atoms with Crippen molar-refractivity contribution >= 4 is 17.5 Å². The molecular weight excluding hydrogens is 307 g/mol. The molecule has 1 N–H and O–H groups in total. The number of aryl methyl sites for hydroxylation is 2. The topological polar surface area (TPSA) is 49.4 Å². The van der Waals surface area contributed by atoms with Crippen LogP contribution in [0.25, 0.3) is 0 Å². The molecule has 4 nitrogen and oxygen atoms in total. The van der Waals surface area contributed by atoms with Crippen molar-refractivity contribution in [1.29, 1.82) is 0 Å². The Kier molecular flexibility index (Phi) is 5.68. The van der Waals surface area contributed by atoms with Gasteiger partial charge in [0.1, 0.15) is 12.4 Å². The molecule has 0 spiro atoms. The molecule has 0 radical (unpaired) electrons.